The Kier molecular flexibility index (Phi) is 2.08. The number of benzene rings is 1. The van der Waals surface area contributed by atoms with E-state index < -0.39 is 0 Å². The number of hydrogen-bond acceptors (Lipinski definition) is 2. The molecule has 0 amide bonds. The molecule has 61 valence electrons. The largest absolute Gasteiger partial charge is 0.392 e. The van der Waals surface area contributed by atoms with Crippen LogP contribution in [0.5, 0.6) is 0 Å². The van der Waals surface area contributed by atoms with E-state index in [4.69, 9.17) is 4.84 Å². The van der Waals surface area contributed by atoms with Crippen LogP contribution in [0.15, 0.2) is 35.5 Å². The van der Waals surface area contributed by atoms with Gasteiger partial charge in [0.25, 0.3) is 0 Å². The van der Waals surface area contributed by atoms with Crippen LogP contribution in [-0.4, -0.2) is 12.3 Å². The summed E-state index contributed by atoms with van der Waals surface area (Å²) < 4.78 is 0. The smallest absolute Gasteiger partial charge is 0.139 e. The van der Waals surface area contributed by atoms with E-state index in [1.807, 2.05) is 30.3 Å². The summed E-state index contributed by atoms with van der Waals surface area (Å²) in [4.78, 5) is 5.07. The summed E-state index contributed by atoms with van der Waals surface area (Å²) in [5, 5.41) is 3.75. The average molecular weight is 160 g/mol. The summed E-state index contributed by atoms with van der Waals surface area (Å²) in [6, 6.07) is 9.76. The molecule has 0 saturated heterocycles. The van der Waals surface area contributed by atoms with Gasteiger partial charge in [-0.2, -0.15) is 0 Å². The summed E-state index contributed by atoms with van der Waals surface area (Å²) in [6.07, 6.45) is 5.46. The van der Waals surface area contributed by atoms with Gasteiger partial charge in [-0.15, -0.1) is 0 Å². The Morgan fingerprint density at radius 2 is 2.00 bits per heavy atom. The first-order valence-corrected chi connectivity index (χ1v) is 4.12. The fourth-order valence-electron chi connectivity index (χ4n) is 0.840. The number of nitrogens with zero attached hydrogens (tertiary/aromatic N) is 1. The van der Waals surface area contributed by atoms with Gasteiger partial charge in [-0.05, 0) is 12.8 Å². The van der Waals surface area contributed by atoms with E-state index in [1.54, 1.807) is 0 Å². The molecule has 1 saturated carbocycles. The molecule has 1 fully saturated rings. The quantitative estimate of drug-likeness (QED) is 0.490. The molecule has 1 aromatic rings. The van der Waals surface area contributed by atoms with Crippen molar-refractivity contribution in [2.75, 3.05) is 0 Å². The Balaban J connectivity index is 1.89. The fraction of sp³-hybridized carbons (Fsp3) is 0.300. The Labute approximate surface area is 71.8 Å². The van der Waals surface area contributed by atoms with Crippen LogP contribution in [0.4, 0.5) is 0 Å². The maximum Gasteiger partial charge on any atom is 0.139 e. The molecule has 1 aliphatic rings. The minimum absolute atomic E-state index is 0.362. The standard InChI is InChI=1S/C10H10NO/c1-2-4-9(5-3-1)8-11-12-10-6-7-10/h1-5,10H,6-7H2. The molecule has 0 heterocycles. The Bertz CT molecular complexity index is 264. The maximum atomic E-state index is 5.07. The Morgan fingerprint density at radius 1 is 1.25 bits per heavy atom. The maximum absolute atomic E-state index is 5.07. The molecule has 2 nitrogen and oxygen atoms in total. The van der Waals surface area contributed by atoms with E-state index in [0.717, 1.165) is 18.4 Å². The fourth-order valence-corrected chi connectivity index (χ4v) is 0.840. The van der Waals surface area contributed by atoms with Gasteiger partial charge in [0.2, 0.25) is 0 Å². The van der Waals surface area contributed by atoms with Crippen molar-refractivity contribution < 1.29 is 4.84 Å². The van der Waals surface area contributed by atoms with Crippen LogP contribution >= 0.6 is 0 Å². The molecule has 2 rings (SSSR count). The van der Waals surface area contributed by atoms with E-state index in [1.165, 1.54) is 0 Å². The molecule has 0 N–H and O–H groups in total. The van der Waals surface area contributed by atoms with Crippen LogP contribution in [0, 0.1) is 0 Å². The lowest BCUT2D eigenvalue weighted by Gasteiger charge is -1.91. The summed E-state index contributed by atoms with van der Waals surface area (Å²) in [7, 11) is 0. The molecule has 0 atom stereocenters. The molecule has 0 bridgehead atoms. The molecule has 0 aliphatic heterocycles. The second-order valence-electron chi connectivity index (χ2n) is 2.87. The lowest BCUT2D eigenvalue weighted by molar-refractivity contribution is 0.131. The van der Waals surface area contributed by atoms with E-state index in [2.05, 4.69) is 11.4 Å². The van der Waals surface area contributed by atoms with Gasteiger partial charge in [-0.3, -0.25) is 0 Å². The summed E-state index contributed by atoms with van der Waals surface area (Å²) in [5.41, 5.74) is 0.957. The van der Waals surface area contributed by atoms with Gasteiger partial charge in [0.05, 0.1) is 0 Å². The SMILES string of the molecule is [C](=N\OC1CC1)/c1ccccc1. The van der Waals surface area contributed by atoms with Crippen molar-refractivity contribution in [2.24, 2.45) is 5.16 Å². The molecule has 0 aromatic heterocycles. The van der Waals surface area contributed by atoms with Crippen molar-refractivity contribution in [3.05, 3.63) is 35.9 Å². The average Bonchev–Trinajstić information content (AvgIpc) is 2.90. The highest BCUT2D eigenvalue weighted by atomic mass is 16.6. The third kappa shape index (κ3) is 2.09. The highest BCUT2D eigenvalue weighted by molar-refractivity contribution is 5.78. The molecule has 0 spiro atoms. The van der Waals surface area contributed by atoms with Crippen molar-refractivity contribution in [1.29, 1.82) is 0 Å². The molecule has 1 radical (unpaired) electrons. The summed E-state index contributed by atoms with van der Waals surface area (Å²) in [6.45, 7) is 0. The van der Waals surface area contributed by atoms with Crippen molar-refractivity contribution in [1.82, 2.24) is 0 Å². The first-order valence-electron chi connectivity index (χ1n) is 4.12. The van der Waals surface area contributed by atoms with Gasteiger partial charge in [0.1, 0.15) is 12.3 Å². The van der Waals surface area contributed by atoms with Crippen LogP contribution in [0.3, 0.4) is 0 Å². The Hall–Kier alpha value is -1.31. The van der Waals surface area contributed by atoms with Gasteiger partial charge in [0.15, 0.2) is 0 Å². The van der Waals surface area contributed by atoms with Crippen molar-refractivity contribution in [3.8, 4) is 0 Å². The van der Waals surface area contributed by atoms with Gasteiger partial charge in [0, 0.05) is 5.56 Å². The third-order valence-corrected chi connectivity index (χ3v) is 1.67. The first-order chi connectivity index (χ1) is 5.95. The Morgan fingerprint density at radius 3 is 2.67 bits per heavy atom. The zero-order valence-corrected chi connectivity index (χ0v) is 6.73. The van der Waals surface area contributed by atoms with E-state index in [-0.39, 0.29) is 0 Å². The monoisotopic (exact) mass is 160 g/mol. The zero-order valence-electron chi connectivity index (χ0n) is 6.73. The summed E-state index contributed by atoms with van der Waals surface area (Å²) >= 11 is 0. The number of rotatable bonds is 3. The van der Waals surface area contributed by atoms with E-state index >= 15 is 0 Å². The zero-order chi connectivity index (χ0) is 8.23. The number of hydrogen-bond donors (Lipinski definition) is 0. The van der Waals surface area contributed by atoms with Crippen molar-refractivity contribution in [3.63, 3.8) is 0 Å². The van der Waals surface area contributed by atoms with Crippen molar-refractivity contribution in [2.45, 2.75) is 18.9 Å². The highest BCUT2D eigenvalue weighted by Crippen LogP contribution is 2.23. The minimum Gasteiger partial charge on any atom is -0.392 e. The van der Waals surface area contributed by atoms with Crippen LogP contribution in [0.25, 0.3) is 0 Å². The molecule has 0 unspecified atom stereocenters. The van der Waals surface area contributed by atoms with Crippen LogP contribution < -0.4 is 0 Å². The molecule has 1 aliphatic carbocycles. The lowest BCUT2D eigenvalue weighted by atomic mass is 10.2. The summed E-state index contributed by atoms with van der Waals surface area (Å²) in [5.74, 6) is 0. The lowest BCUT2D eigenvalue weighted by Crippen LogP contribution is -1.85. The van der Waals surface area contributed by atoms with Crippen molar-refractivity contribution >= 4 is 6.21 Å². The molecular weight excluding hydrogens is 150 g/mol. The topological polar surface area (TPSA) is 21.6 Å². The molecule has 2 heteroatoms. The van der Waals surface area contributed by atoms with Gasteiger partial charge in [-0.1, -0.05) is 35.5 Å². The van der Waals surface area contributed by atoms with E-state index in [9.17, 15) is 0 Å². The molecule has 1 aromatic carbocycles. The highest BCUT2D eigenvalue weighted by Gasteiger charge is 2.23. The van der Waals surface area contributed by atoms with E-state index in [0.29, 0.717) is 6.10 Å². The van der Waals surface area contributed by atoms with Gasteiger partial charge < -0.3 is 4.84 Å². The predicted octanol–water partition coefficient (Wildman–Crippen LogP) is 2.08. The second kappa shape index (κ2) is 3.39. The molecular formula is C10H10NO. The molecule has 12 heavy (non-hydrogen) atoms. The predicted molar refractivity (Wildman–Crippen MR) is 47.1 cm³/mol. The van der Waals surface area contributed by atoms with Crippen LogP contribution in [0.2, 0.25) is 0 Å². The van der Waals surface area contributed by atoms with Crippen LogP contribution in [0.1, 0.15) is 18.4 Å². The second-order valence-corrected chi connectivity index (χ2v) is 2.87. The van der Waals surface area contributed by atoms with Crippen LogP contribution in [-0.2, 0) is 4.84 Å². The third-order valence-electron chi connectivity index (χ3n) is 1.67. The van der Waals surface area contributed by atoms with Gasteiger partial charge >= 0.3 is 0 Å². The van der Waals surface area contributed by atoms with Gasteiger partial charge in [-0.25, -0.2) is 0 Å². The normalized spacial score (nSPS) is 16.7. The minimum atomic E-state index is 0.362. The first kappa shape index (κ1) is 7.35.